The molecule has 0 radical (unpaired) electrons. The minimum absolute atomic E-state index is 0.0674. The normalized spacial score (nSPS) is 22.6. The van der Waals surface area contributed by atoms with Gasteiger partial charge in [0.05, 0.1) is 21.2 Å². The molecule has 2 heterocycles. The van der Waals surface area contributed by atoms with E-state index in [4.69, 9.17) is 32.7 Å². The van der Waals surface area contributed by atoms with Crippen molar-refractivity contribution in [3.63, 3.8) is 0 Å². The third kappa shape index (κ3) is 7.63. The summed E-state index contributed by atoms with van der Waals surface area (Å²) in [5.74, 6) is -0.353. The van der Waals surface area contributed by atoms with Crippen LogP contribution in [0.2, 0.25) is 10.0 Å². The second kappa shape index (κ2) is 12.5. The van der Waals surface area contributed by atoms with Crippen molar-refractivity contribution in [1.82, 2.24) is 4.90 Å². The van der Waals surface area contributed by atoms with E-state index >= 15 is 0 Å². The molecule has 0 bridgehead atoms. The lowest BCUT2D eigenvalue weighted by Crippen LogP contribution is -2.48. The second-order valence-electron chi connectivity index (χ2n) is 10.3. The first kappa shape index (κ1) is 30.9. The van der Waals surface area contributed by atoms with E-state index in [0.717, 1.165) is 24.8 Å². The number of carbonyl (C=O) groups is 1. The summed E-state index contributed by atoms with van der Waals surface area (Å²) >= 11 is 12.4. The number of amides is 1. The zero-order valence-electron chi connectivity index (χ0n) is 21.5. The highest BCUT2D eigenvalue weighted by atomic mass is 35.5. The maximum atomic E-state index is 13.4. The number of rotatable bonds is 8. The Morgan fingerprint density at radius 1 is 0.975 bits per heavy atom. The van der Waals surface area contributed by atoms with Crippen LogP contribution >= 0.6 is 23.2 Å². The van der Waals surface area contributed by atoms with Crippen LogP contribution in [-0.4, -0.2) is 36.9 Å². The van der Waals surface area contributed by atoms with Crippen molar-refractivity contribution in [2.75, 3.05) is 19.8 Å². The number of piperidine rings is 1. The molecule has 0 aliphatic carbocycles. The minimum Gasteiger partial charge on any atom is -0.353 e. The van der Waals surface area contributed by atoms with Crippen LogP contribution in [0.1, 0.15) is 67.2 Å². The van der Waals surface area contributed by atoms with Gasteiger partial charge in [-0.2, -0.15) is 26.3 Å². The fourth-order valence-corrected chi connectivity index (χ4v) is 5.69. The number of hydrogen-bond acceptors (Lipinski definition) is 3. The Kier molecular flexibility index (Phi) is 9.64. The Labute approximate surface area is 238 Å². The molecule has 2 aliphatic rings. The quantitative estimate of drug-likeness (QED) is 0.222. The number of hydrogen-bond donors (Lipinski definition) is 0. The minimum atomic E-state index is -4.98. The molecule has 0 N–H and O–H groups in total. The lowest BCUT2D eigenvalue weighted by Gasteiger charge is -2.43. The van der Waals surface area contributed by atoms with Gasteiger partial charge in [0.25, 0.3) is 0 Å². The first-order valence-electron chi connectivity index (χ1n) is 13.0. The molecule has 2 aromatic rings. The van der Waals surface area contributed by atoms with E-state index in [9.17, 15) is 31.1 Å². The van der Waals surface area contributed by atoms with Gasteiger partial charge in [0.15, 0.2) is 6.29 Å². The lowest BCUT2D eigenvalue weighted by atomic mass is 9.71. The highest BCUT2D eigenvalue weighted by molar-refractivity contribution is 6.42. The average Bonchev–Trinajstić information content (AvgIpc) is 2.89. The third-order valence-corrected chi connectivity index (χ3v) is 8.20. The van der Waals surface area contributed by atoms with Gasteiger partial charge >= 0.3 is 12.4 Å². The second-order valence-corrected chi connectivity index (χ2v) is 11.2. The Morgan fingerprint density at radius 3 is 2.27 bits per heavy atom. The van der Waals surface area contributed by atoms with Crippen LogP contribution in [-0.2, 0) is 38.6 Å². The van der Waals surface area contributed by atoms with Gasteiger partial charge in [0.1, 0.15) is 0 Å². The number of nitrogens with zero attached hydrogens (tertiary/aromatic N) is 1. The van der Waals surface area contributed by atoms with Crippen LogP contribution in [0.25, 0.3) is 0 Å². The van der Waals surface area contributed by atoms with Crippen molar-refractivity contribution in [1.29, 1.82) is 0 Å². The monoisotopic (exact) mass is 611 g/mol. The van der Waals surface area contributed by atoms with Gasteiger partial charge < -0.3 is 14.4 Å². The van der Waals surface area contributed by atoms with Crippen molar-refractivity contribution >= 4 is 29.1 Å². The summed E-state index contributed by atoms with van der Waals surface area (Å²) in [5.41, 5.74) is -2.96. The van der Waals surface area contributed by atoms with Gasteiger partial charge in [-0.3, -0.25) is 4.79 Å². The zero-order chi connectivity index (χ0) is 29.1. The molecule has 220 valence electrons. The summed E-state index contributed by atoms with van der Waals surface area (Å²) in [7, 11) is 0. The Hall–Kier alpha value is -2.01. The van der Waals surface area contributed by atoms with Crippen molar-refractivity contribution in [2.24, 2.45) is 0 Å². The van der Waals surface area contributed by atoms with E-state index in [1.165, 1.54) is 4.90 Å². The highest BCUT2D eigenvalue weighted by Gasteiger charge is 2.41. The Balaban J connectivity index is 1.59. The lowest BCUT2D eigenvalue weighted by molar-refractivity contribution is -0.163. The number of carbonyl (C=O) groups excluding carboxylic acids is 1. The van der Waals surface area contributed by atoms with Crippen LogP contribution in [0.15, 0.2) is 36.4 Å². The summed E-state index contributed by atoms with van der Waals surface area (Å²) in [5, 5.41) is 0.646. The Bertz CT molecular complexity index is 1170. The maximum absolute atomic E-state index is 13.4. The summed E-state index contributed by atoms with van der Waals surface area (Å²) in [6.07, 6.45) is -5.81. The molecule has 2 aliphatic heterocycles. The van der Waals surface area contributed by atoms with Gasteiger partial charge in [0.2, 0.25) is 5.91 Å². The molecule has 4 rings (SSSR count). The van der Waals surface area contributed by atoms with E-state index < -0.39 is 35.4 Å². The van der Waals surface area contributed by atoms with Crippen LogP contribution in [0.3, 0.4) is 0 Å². The number of benzene rings is 2. The predicted molar refractivity (Wildman–Crippen MR) is 138 cm³/mol. The summed E-state index contributed by atoms with van der Waals surface area (Å²) in [4.78, 5) is 14.3. The maximum Gasteiger partial charge on any atom is 0.416 e. The smallest absolute Gasteiger partial charge is 0.353 e. The van der Waals surface area contributed by atoms with Crippen molar-refractivity contribution < 1.29 is 40.6 Å². The molecule has 2 aromatic carbocycles. The predicted octanol–water partition coefficient (Wildman–Crippen LogP) is 8.41. The molecule has 0 aromatic heterocycles. The first-order valence-corrected chi connectivity index (χ1v) is 13.8. The summed E-state index contributed by atoms with van der Waals surface area (Å²) in [6.45, 7) is 0.716. The molecule has 1 amide bonds. The van der Waals surface area contributed by atoms with E-state index in [1.807, 2.05) is 0 Å². The highest BCUT2D eigenvalue weighted by Crippen LogP contribution is 2.42. The van der Waals surface area contributed by atoms with Gasteiger partial charge in [-0.1, -0.05) is 29.3 Å². The van der Waals surface area contributed by atoms with Gasteiger partial charge in [-0.25, -0.2) is 0 Å². The van der Waals surface area contributed by atoms with Crippen molar-refractivity contribution in [2.45, 2.75) is 75.5 Å². The molecular weight excluding hydrogens is 583 g/mol. The zero-order valence-corrected chi connectivity index (χ0v) is 23.0. The van der Waals surface area contributed by atoms with Gasteiger partial charge in [-0.05, 0) is 80.0 Å². The Morgan fingerprint density at radius 2 is 1.68 bits per heavy atom. The number of alkyl halides is 6. The van der Waals surface area contributed by atoms with Crippen molar-refractivity contribution in [3.05, 3.63) is 68.7 Å². The molecule has 4 nitrogen and oxygen atoms in total. The molecule has 2 atom stereocenters. The molecule has 40 heavy (non-hydrogen) atoms. The summed E-state index contributed by atoms with van der Waals surface area (Å²) < 4.78 is 92.0. The number of likely N-dealkylation sites (tertiary alicyclic amines) is 1. The first-order chi connectivity index (χ1) is 18.8. The van der Waals surface area contributed by atoms with Crippen LogP contribution in [0.4, 0.5) is 26.3 Å². The fraction of sp³-hybridized carbons (Fsp3) is 0.536. The van der Waals surface area contributed by atoms with Crippen LogP contribution < -0.4 is 0 Å². The third-order valence-electron chi connectivity index (χ3n) is 7.46. The molecule has 2 saturated heterocycles. The number of ether oxygens (including phenoxy) is 2. The fourth-order valence-electron chi connectivity index (χ4n) is 5.39. The molecule has 2 unspecified atom stereocenters. The number of halogens is 8. The van der Waals surface area contributed by atoms with E-state index in [0.29, 0.717) is 54.7 Å². The molecule has 2 fully saturated rings. The van der Waals surface area contributed by atoms with Gasteiger partial charge in [-0.15, -0.1) is 0 Å². The van der Waals surface area contributed by atoms with Crippen LogP contribution in [0, 0.1) is 0 Å². The topological polar surface area (TPSA) is 38.8 Å². The largest absolute Gasteiger partial charge is 0.416 e. The SMILES string of the molecule is O=C1CCC(CCCOC2CCCCO2)(c2ccc(Cl)c(Cl)c2)CN1Cc1cc(C(F)(F)F)cc(C(F)(F)F)c1. The molecule has 0 spiro atoms. The van der Waals surface area contributed by atoms with E-state index in [-0.39, 0.29) is 36.8 Å². The van der Waals surface area contributed by atoms with E-state index in [2.05, 4.69) is 0 Å². The molecular formula is C28H29Cl2F6NO3. The van der Waals surface area contributed by atoms with E-state index in [1.54, 1.807) is 18.2 Å². The average molecular weight is 612 g/mol. The summed E-state index contributed by atoms with van der Waals surface area (Å²) in [6, 6.07) is 6.54. The van der Waals surface area contributed by atoms with Gasteiger partial charge in [0, 0.05) is 38.1 Å². The van der Waals surface area contributed by atoms with Crippen LogP contribution in [0.5, 0.6) is 0 Å². The molecule has 12 heteroatoms. The van der Waals surface area contributed by atoms with Crippen molar-refractivity contribution in [3.8, 4) is 0 Å². The molecule has 0 saturated carbocycles. The standard InChI is InChI=1S/C28H29Cl2F6NO3/c29-22-6-5-19(15-23(22)30)26(8-3-11-40-25-4-1-2-10-39-25)9-7-24(38)37(17-26)16-18-12-20(27(31,32)33)14-21(13-18)28(34,35)36/h5-6,12-15,25H,1-4,7-11,16-17H2.